The van der Waals surface area contributed by atoms with E-state index in [1.165, 1.54) is 18.3 Å². The van der Waals surface area contributed by atoms with Crippen molar-refractivity contribution < 1.29 is 31.1 Å². The van der Waals surface area contributed by atoms with Gasteiger partial charge in [0.1, 0.15) is 11.5 Å². The summed E-state index contributed by atoms with van der Waals surface area (Å²) in [6.45, 7) is 2.17. The van der Waals surface area contributed by atoms with E-state index in [-0.39, 0.29) is 22.0 Å². The zero-order chi connectivity index (χ0) is 26.1. The van der Waals surface area contributed by atoms with Crippen molar-refractivity contribution in [2.45, 2.75) is 11.1 Å². The summed E-state index contributed by atoms with van der Waals surface area (Å²) >= 11 is 11.6. The van der Waals surface area contributed by atoms with Gasteiger partial charge in [-0.1, -0.05) is 23.2 Å². The second kappa shape index (κ2) is 10.2. The van der Waals surface area contributed by atoms with Gasteiger partial charge < -0.3 is 9.64 Å². The van der Waals surface area contributed by atoms with E-state index in [1.807, 2.05) is 4.90 Å². The van der Waals surface area contributed by atoms with Gasteiger partial charge in [-0.05, 0) is 36.4 Å². The molecule has 0 spiro atoms. The van der Waals surface area contributed by atoms with E-state index in [0.29, 0.717) is 38.2 Å². The highest BCUT2D eigenvalue weighted by Gasteiger charge is 2.35. The third-order valence-electron chi connectivity index (χ3n) is 5.21. The zero-order valence-corrected chi connectivity index (χ0v) is 20.5. The molecule has 14 heteroatoms. The van der Waals surface area contributed by atoms with Gasteiger partial charge >= 0.3 is 6.18 Å². The molecule has 0 bridgehead atoms. The van der Waals surface area contributed by atoms with Gasteiger partial charge in [0.25, 0.3) is 10.0 Å². The number of alkyl halides is 3. The number of rotatable bonds is 6. The van der Waals surface area contributed by atoms with Crippen LogP contribution in [0, 0.1) is 0 Å². The molecule has 0 unspecified atom stereocenters. The first-order valence-electron chi connectivity index (χ1n) is 10.3. The highest BCUT2D eigenvalue weighted by atomic mass is 35.5. The predicted molar refractivity (Wildman–Crippen MR) is 127 cm³/mol. The average Bonchev–Trinajstić information content (AvgIpc) is 2.83. The van der Waals surface area contributed by atoms with E-state index in [9.17, 15) is 26.4 Å². The number of benzene rings is 1. The van der Waals surface area contributed by atoms with Gasteiger partial charge in [-0.2, -0.15) is 13.2 Å². The number of pyridine rings is 2. The van der Waals surface area contributed by atoms with Crippen LogP contribution < -0.4 is 9.62 Å². The van der Waals surface area contributed by atoms with Crippen LogP contribution in [0.1, 0.15) is 21.6 Å². The Kier molecular flexibility index (Phi) is 7.41. The maximum atomic E-state index is 13.3. The minimum Gasteiger partial charge on any atom is -0.378 e. The number of hydrogen-bond donors (Lipinski definition) is 1. The fraction of sp³-hybridized carbons (Fsp3) is 0.227. The van der Waals surface area contributed by atoms with Crippen LogP contribution in [0.5, 0.6) is 0 Å². The van der Waals surface area contributed by atoms with Crippen LogP contribution >= 0.6 is 23.2 Å². The van der Waals surface area contributed by atoms with Crippen molar-refractivity contribution in [3.05, 3.63) is 75.7 Å². The topological polar surface area (TPSA) is 101 Å². The van der Waals surface area contributed by atoms with E-state index in [4.69, 9.17) is 27.9 Å². The third-order valence-corrected chi connectivity index (χ3v) is 7.11. The van der Waals surface area contributed by atoms with Crippen LogP contribution in [0.4, 0.5) is 24.7 Å². The summed E-state index contributed by atoms with van der Waals surface area (Å²) in [6, 6.07) is 6.26. The Bertz CT molecular complexity index is 1410. The number of ether oxygens (including phenoxy) is 1. The molecule has 1 aliphatic heterocycles. The maximum absolute atomic E-state index is 13.3. The van der Waals surface area contributed by atoms with Crippen molar-refractivity contribution in [1.29, 1.82) is 0 Å². The molecule has 0 saturated carbocycles. The lowest BCUT2D eigenvalue weighted by atomic mass is 10.1. The molecule has 0 atom stereocenters. The van der Waals surface area contributed by atoms with Crippen molar-refractivity contribution in [3.63, 3.8) is 0 Å². The van der Waals surface area contributed by atoms with Crippen LogP contribution in [0.25, 0.3) is 0 Å². The smallest absolute Gasteiger partial charge is 0.378 e. The number of nitrogens with zero attached hydrogens (tertiary/aromatic N) is 3. The quantitative estimate of drug-likeness (QED) is 0.437. The highest BCUT2D eigenvalue weighted by molar-refractivity contribution is 7.92. The number of ketones is 1. The first kappa shape index (κ1) is 26.1. The molecule has 2 aromatic heterocycles. The number of morpholine rings is 1. The summed E-state index contributed by atoms with van der Waals surface area (Å²) in [6.07, 6.45) is -2.29. The third kappa shape index (κ3) is 5.72. The number of carbonyl (C=O) groups is 1. The Labute approximate surface area is 214 Å². The van der Waals surface area contributed by atoms with Crippen molar-refractivity contribution in [1.82, 2.24) is 9.97 Å². The molecule has 1 aromatic carbocycles. The summed E-state index contributed by atoms with van der Waals surface area (Å²) in [4.78, 5) is 22.8. The highest BCUT2D eigenvalue weighted by Crippen LogP contribution is 2.36. The maximum Gasteiger partial charge on any atom is 0.417 e. The van der Waals surface area contributed by atoms with Gasteiger partial charge in [-0.25, -0.2) is 18.4 Å². The van der Waals surface area contributed by atoms with Crippen molar-refractivity contribution in [2.24, 2.45) is 0 Å². The summed E-state index contributed by atoms with van der Waals surface area (Å²) in [5, 5.41) is -0.657. The van der Waals surface area contributed by atoms with Gasteiger partial charge in [-0.15, -0.1) is 0 Å². The number of aromatic nitrogens is 2. The average molecular weight is 561 g/mol. The monoisotopic (exact) mass is 560 g/mol. The molecule has 4 rings (SSSR count). The molecule has 1 N–H and O–H groups in total. The number of sulfonamides is 1. The molecule has 1 aliphatic rings. The molecule has 1 saturated heterocycles. The van der Waals surface area contributed by atoms with Gasteiger partial charge in [0, 0.05) is 31.0 Å². The van der Waals surface area contributed by atoms with Crippen molar-refractivity contribution in [2.75, 3.05) is 35.9 Å². The van der Waals surface area contributed by atoms with E-state index in [2.05, 4.69) is 14.7 Å². The lowest BCUT2D eigenvalue weighted by molar-refractivity contribution is -0.137. The molecule has 36 heavy (non-hydrogen) atoms. The SMILES string of the molecule is O=C(c1ccnc(N2CCOCC2)c1)c1ncc(Cl)cc1NS(=O)(=O)c1ccc(Cl)c(C(F)(F)F)c1. The molecule has 0 aliphatic carbocycles. The zero-order valence-electron chi connectivity index (χ0n) is 18.2. The number of halogens is 5. The summed E-state index contributed by atoms with van der Waals surface area (Å²) in [5.74, 6) is -0.116. The molecule has 1 fully saturated rings. The van der Waals surface area contributed by atoms with Gasteiger partial charge in [0.05, 0.1) is 39.4 Å². The Morgan fingerprint density at radius 1 is 1.06 bits per heavy atom. The standard InChI is InChI=1S/C22H17Cl2F3N4O4S/c23-14-10-18(30-36(33,34)15-1-2-17(24)16(11-15)22(25,26)27)20(29-12-14)21(32)13-3-4-28-19(9-13)31-5-7-35-8-6-31/h1-4,9-12,30H,5-8H2. The van der Waals surface area contributed by atoms with Crippen LogP contribution in [-0.4, -0.2) is 50.5 Å². The van der Waals surface area contributed by atoms with Crippen LogP contribution in [-0.2, 0) is 20.9 Å². The minimum absolute atomic E-state index is 0.0000655. The number of carbonyl (C=O) groups excluding carboxylic acids is 1. The Balaban J connectivity index is 1.68. The van der Waals surface area contributed by atoms with Gasteiger partial charge in [0.2, 0.25) is 5.78 Å². The number of nitrogens with one attached hydrogen (secondary N) is 1. The van der Waals surface area contributed by atoms with Crippen LogP contribution in [0.2, 0.25) is 10.0 Å². The van der Waals surface area contributed by atoms with E-state index < -0.39 is 37.5 Å². The second-order valence-corrected chi connectivity index (χ2v) is 10.2. The Morgan fingerprint density at radius 2 is 1.78 bits per heavy atom. The molecule has 3 aromatic rings. The summed E-state index contributed by atoms with van der Waals surface area (Å²) in [7, 11) is -4.59. The van der Waals surface area contributed by atoms with Crippen molar-refractivity contribution >= 4 is 50.5 Å². The normalized spacial score (nSPS) is 14.5. The van der Waals surface area contributed by atoms with Crippen molar-refractivity contribution in [3.8, 4) is 0 Å². The lowest BCUT2D eigenvalue weighted by Gasteiger charge is -2.27. The number of anilines is 2. The molecular weight excluding hydrogens is 544 g/mol. The molecule has 3 heterocycles. The van der Waals surface area contributed by atoms with Gasteiger partial charge in [0.15, 0.2) is 0 Å². The first-order valence-corrected chi connectivity index (χ1v) is 12.6. The fourth-order valence-electron chi connectivity index (χ4n) is 3.45. The molecule has 0 amide bonds. The van der Waals surface area contributed by atoms with E-state index >= 15 is 0 Å². The Morgan fingerprint density at radius 3 is 2.47 bits per heavy atom. The molecule has 190 valence electrons. The Hall–Kier alpha value is -2.93. The molecule has 8 nitrogen and oxygen atoms in total. The fourth-order valence-corrected chi connectivity index (χ4v) is 4.92. The second-order valence-electron chi connectivity index (χ2n) is 7.63. The summed E-state index contributed by atoms with van der Waals surface area (Å²) < 4.78 is 73.0. The lowest BCUT2D eigenvalue weighted by Crippen LogP contribution is -2.36. The summed E-state index contributed by atoms with van der Waals surface area (Å²) in [5.41, 5.74) is -1.75. The van der Waals surface area contributed by atoms with Gasteiger partial charge in [-0.3, -0.25) is 9.52 Å². The van der Waals surface area contributed by atoms with E-state index in [0.717, 1.165) is 24.4 Å². The minimum atomic E-state index is -4.87. The first-order chi connectivity index (χ1) is 17.0. The molecule has 0 radical (unpaired) electrons. The predicted octanol–water partition coefficient (Wildman–Crippen LogP) is 4.67. The molecular formula is C22H17Cl2F3N4O4S. The largest absolute Gasteiger partial charge is 0.417 e. The van der Waals surface area contributed by atoms with E-state index in [1.54, 1.807) is 0 Å². The van der Waals surface area contributed by atoms with Crippen LogP contribution in [0.15, 0.2) is 53.7 Å². The van der Waals surface area contributed by atoms with Crippen LogP contribution in [0.3, 0.4) is 0 Å². The number of hydrogen-bond acceptors (Lipinski definition) is 7.